The first-order valence-electron chi connectivity index (χ1n) is 4.78. The minimum atomic E-state index is 0.383. The number of nitrogens with zero attached hydrogens (tertiary/aromatic N) is 1. The van der Waals surface area contributed by atoms with Crippen LogP contribution in [0.3, 0.4) is 0 Å². The van der Waals surface area contributed by atoms with Crippen LogP contribution in [-0.2, 0) is 5.88 Å². The summed E-state index contributed by atoms with van der Waals surface area (Å²) < 4.78 is 5.34. The first-order chi connectivity index (χ1) is 7.20. The SMILES string of the molecule is Cc1ccc(-c2nc(CCl)co2)cc1C. The van der Waals surface area contributed by atoms with E-state index in [1.54, 1.807) is 6.26 Å². The van der Waals surface area contributed by atoms with Crippen LogP contribution in [0.1, 0.15) is 16.8 Å². The molecule has 0 saturated heterocycles. The number of aromatic nitrogens is 1. The molecule has 1 heterocycles. The minimum absolute atomic E-state index is 0.383. The summed E-state index contributed by atoms with van der Waals surface area (Å²) in [5, 5.41) is 0. The molecular weight excluding hydrogens is 210 g/mol. The molecule has 0 aliphatic rings. The summed E-state index contributed by atoms with van der Waals surface area (Å²) in [5.41, 5.74) is 4.26. The zero-order valence-corrected chi connectivity index (χ0v) is 9.51. The second-order valence-corrected chi connectivity index (χ2v) is 3.84. The van der Waals surface area contributed by atoms with Crippen molar-refractivity contribution in [2.24, 2.45) is 0 Å². The molecule has 0 radical (unpaired) electrons. The lowest BCUT2D eigenvalue weighted by Crippen LogP contribution is -1.84. The molecule has 0 fully saturated rings. The molecule has 0 aliphatic carbocycles. The van der Waals surface area contributed by atoms with Crippen molar-refractivity contribution in [3.63, 3.8) is 0 Å². The zero-order chi connectivity index (χ0) is 10.8. The van der Waals surface area contributed by atoms with Gasteiger partial charge < -0.3 is 4.42 Å². The van der Waals surface area contributed by atoms with Gasteiger partial charge in [-0.15, -0.1) is 11.6 Å². The molecule has 0 N–H and O–H groups in total. The van der Waals surface area contributed by atoms with Crippen LogP contribution < -0.4 is 0 Å². The molecule has 0 saturated carbocycles. The van der Waals surface area contributed by atoms with Gasteiger partial charge in [-0.05, 0) is 37.1 Å². The fourth-order valence-corrected chi connectivity index (χ4v) is 1.50. The van der Waals surface area contributed by atoms with Crippen LogP contribution in [-0.4, -0.2) is 4.98 Å². The van der Waals surface area contributed by atoms with Gasteiger partial charge >= 0.3 is 0 Å². The minimum Gasteiger partial charge on any atom is -0.444 e. The van der Waals surface area contributed by atoms with E-state index in [0.29, 0.717) is 11.8 Å². The summed E-state index contributed by atoms with van der Waals surface area (Å²) in [6.45, 7) is 4.16. The van der Waals surface area contributed by atoms with Crippen molar-refractivity contribution < 1.29 is 4.42 Å². The molecule has 0 spiro atoms. The average molecular weight is 222 g/mol. The molecule has 1 aromatic heterocycles. The zero-order valence-electron chi connectivity index (χ0n) is 8.75. The third-order valence-electron chi connectivity index (χ3n) is 2.44. The van der Waals surface area contributed by atoms with Crippen LogP contribution in [0, 0.1) is 13.8 Å². The van der Waals surface area contributed by atoms with E-state index in [1.165, 1.54) is 11.1 Å². The lowest BCUT2D eigenvalue weighted by molar-refractivity contribution is 0.573. The molecule has 2 aromatic rings. The van der Waals surface area contributed by atoms with E-state index in [-0.39, 0.29) is 0 Å². The molecule has 15 heavy (non-hydrogen) atoms. The summed E-state index contributed by atoms with van der Waals surface area (Å²) >= 11 is 5.66. The van der Waals surface area contributed by atoms with Gasteiger partial charge in [0.2, 0.25) is 5.89 Å². The van der Waals surface area contributed by atoms with Crippen LogP contribution in [0.5, 0.6) is 0 Å². The van der Waals surface area contributed by atoms with E-state index in [2.05, 4.69) is 31.0 Å². The number of alkyl halides is 1. The maximum Gasteiger partial charge on any atom is 0.226 e. The fraction of sp³-hybridized carbons (Fsp3) is 0.250. The van der Waals surface area contributed by atoms with Gasteiger partial charge in [-0.3, -0.25) is 0 Å². The predicted octanol–water partition coefficient (Wildman–Crippen LogP) is 3.70. The van der Waals surface area contributed by atoms with Gasteiger partial charge in [0.25, 0.3) is 0 Å². The van der Waals surface area contributed by atoms with Gasteiger partial charge in [-0.25, -0.2) is 4.98 Å². The Morgan fingerprint density at radius 3 is 2.67 bits per heavy atom. The maximum absolute atomic E-state index is 5.66. The maximum atomic E-state index is 5.66. The second-order valence-electron chi connectivity index (χ2n) is 3.58. The Labute approximate surface area is 93.9 Å². The van der Waals surface area contributed by atoms with E-state index in [0.717, 1.165) is 11.3 Å². The Bertz CT molecular complexity index is 476. The van der Waals surface area contributed by atoms with Crippen molar-refractivity contribution in [3.05, 3.63) is 41.3 Å². The van der Waals surface area contributed by atoms with Crippen molar-refractivity contribution in [2.45, 2.75) is 19.7 Å². The Kier molecular flexibility index (Phi) is 2.78. The predicted molar refractivity (Wildman–Crippen MR) is 61.0 cm³/mol. The van der Waals surface area contributed by atoms with Gasteiger partial charge in [-0.1, -0.05) is 6.07 Å². The van der Waals surface area contributed by atoms with E-state index in [9.17, 15) is 0 Å². The lowest BCUT2D eigenvalue weighted by atomic mass is 10.1. The highest BCUT2D eigenvalue weighted by molar-refractivity contribution is 6.16. The molecule has 0 unspecified atom stereocenters. The van der Waals surface area contributed by atoms with E-state index in [1.807, 2.05) is 6.07 Å². The molecule has 78 valence electrons. The number of halogens is 1. The number of benzene rings is 1. The van der Waals surface area contributed by atoms with Crippen LogP contribution in [0.15, 0.2) is 28.9 Å². The number of hydrogen-bond donors (Lipinski definition) is 0. The molecule has 0 bridgehead atoms. The molecule has 3 heteroatoms. The Morgan fingerprint density at radius 2 is 2.07 bits per heavy atom. The van der Waals surface area contributed by atoms with Crippen LogP contribution >= 0.6 is 11.6 Å². The molecule has 0 amide bonds. The third-order valence-corrected chi connectivity index (χ3v) is 2.72. The number of oxazole rings is 1. The van der Waals surface area contributed by atoms with Gasteiger partial charge in [0.15, 0.2) is 0 Å². The number of aryl methyl sites for hydroxylation is 2. The normalized spacial score (nSPS) is 10.6. The summed E-state index contributed by atoms with van der Waals surface area (Å²) in [4.78, 5) is 4.27. The Morgan fingerprint density at radius 1 is 1.27 bits per heavy atom. The van der Waals surface area contributed by atoms with Crippen LogP contribution in [0.25, 0.3) is 11.5 Å². The molecule has 0 atom stereocenters. The topological polar surface area (TPSA) is 26.0 Å². The van der Waals surface area contributed by atoms with Crippen LogP contribution in [0.2, 0.25) is 0 Å². The highest BCUT2D eigenvalue weighted by atomic mass is 35.5. The van der Waals surface area contributed by atoms with Crippen molar-refractivity contribution in [2.75, 3.05) is 0 Å². The largest absolute Gasteiger partial charge is 0.444 e. The lowest BCUT2D eigenvalue weighted by Gasteiger charge is -2.01. The standard InChI is InChI=1S/C12H12ClNO/c1-8-3-4-10(5-9(8)2)12-14-11(6-13)7-15-12/h3-5,7H,6H2,1-2H3. The molecule has 2 rings (SSSR count). The fourth-order valence-electron chi connectivity index (χ4n) is 1.38. The Balaban J connectivity index is 2.40. The highest BCUT2D eigenvalue weighted by Crippen LogP contribution is 2.21. The summed E-state index contributed by atoms with van der Waals surface area (Å²) in [6, 6.07) is 6.14. The van der Waals surface area contributed by atoms with E-state index < -0.39 is 0 Å². The van der Waals surface area contributed by atoms with Crippen molar-refractivity contribution in [1.82, 2.24) is 4.98 Å². The Hall–Kier alpha value is -1.28. The average Bonchev–Trinajstić information content (AvgIpc) is 2.70. The van der Waals surface area contributed by atoms with Gasteiger partial charge in [0.1, 0.15) is 6.26 Å². The number of hydrogen-bond acceptors (Lipinski definition) is 2. The van der Waals surface area contributed by atoms with E-state index in [4.69, 9.17) is 16.0 Å². The van der Waals surface area contributed by atoms with Crippen molar-refractivity contribution in [3.8, 4) is 11.5 Å². The molecule has 1 aromatic carbocycles. The smallest absolute Gasteiger partial charge is 0.226 e. The summed E-state index contributed by atoms with van der Waals surface area (Å²) in [7, 11) is 0. The van der Waals surface area contributed by atoms with Crippen molar-refractivity contribution >= 4 is 11.6 Å². The quantitative estimate of drug-likeness (QED) is 0.723. The highest BCUT2D eigenvalue weighted by Gasteiger charge is 2.06. The van der Waals surface area contributed by atoms with Crippen LogP contribution in [0.4, 0.5) is 0 Å². The molecular formula is C12H12ClNO. The van der Waals surface area contributed by atoms with Gasteiger partial charge in [-0.2, -0.15) is 0 Å². The van der Waals surface area contributed by atoms with Gasteiger partial charge in [0.05, 0.1) is 11.6 Å². The molecule has 0 aliphatic heterocycles. The second kappa shape index (κ2) is 4.07. The van der Waals surface area contributed by atoms with Crippen molar-refractivity contribution in [1.29, 1.82) is 0 Å². The first-order valence-corrected chi connectivity index (χ1v) is 5.32. The first kappa shape index (κ1) is 10.2. The number of rotatable bonds is 2. The summed E-state index contributed by atoms with van der Waals surface area (Å²) in [6.07, 6.45) is 1.59. The monoisotopic (exact) mass is 221 g/mol. The summed E-state index contributed by atoms with van der Waals surface area (Å²) in [5.74, 6) is 1.02. The van der Waals surface area contributed by atoms with E-state index >= 15 is 0 Å². The third kappa shape index (κ3) is 2.05. The van der Waals surface area contributed by atoms with Gasteiger partial charge in [0, 0.05) is 5.56 Å². The molecule has 2 nitrogen and oxygen atoms in total.